The minimum Gasteiger partial charge on any atom is -0.480 e. The lowest BCUT2D eigenvalue weighted by Crippen LogP contribution is -2.44. The van der Waals surface area contributed by atoms with Crippen molar-refractivity contribution in [3.8, 4) is 11.1 Å². The number of nitrogens with zero attached hydrogens (tertiary/aromatic N) is 3. The first-order chi connectivity index (χ1) is 25.2. The number of benzene rings is 2. The van der Waals surface area contributed by atoms with Crippen LogP contribution in [0, 0.1) is 13.8 Å². The lowest BCUT2D eigenvalue weighted by Gasteiger charge is -2.33. The smallest absolute Gasteiger partial charge is 0.320 e. The SMILES string of the molecule is CCCCc1cnc(C(=O)Nc2cccc(-c3cccc(CC(=O)c4cc(C5CC5)c(CN5CCCC[C@H]5C(=O)O)cn4)c3C)c2C)cc1C1CC1. The average Bonchev–Trinajstić information content (AvgIpc) is 4.08. The molecule has 2 aliphatic carbocycles. The molecule has 0 spiro atoms. The van der Waals surface area contributed by atoms with Crippen molar-refractivity contribution >= 4 is 23.3 Å². The van der Waals surface area contributed by atoms with Gasteiger partial charge in [0, 0.05) is 31.0 Å². The molecule has 1 saturated heterocycles. The standard InChI is InChI=1S/C44H50N4O4/c1-4-5-10-32-24-46-40(23-36(32)29-16-17-29)43(50)47-38-14-9-13-35(28(38)3)34-12-8-11-31(27(34)2)21-42(49)39-22-37(30-18-19-30)33(25-45-39)26-48-20-7-6-15-41(48)44(51)52/h8-9,11-14,22-25,29-30,41H,4-7,10,15-21,26H2,1-3H3,(H,47,50)(H,51,52)/t41-/m0/s1. The summed E-state index contributed by atoms with van der Waals surface area (Å²) < 4.78 is 0. The Morgan fingerprint density at radius 3 is 2.17 bits per heavy atom. The van der Waals surface area contributed by atoms with Gasteiger partial charge in [0.25, 0.3) is 5.91 Å². The minimum atomic E-state index is -0.764. The number of aromatic nitrogens is 2. The number of likely N-dealkylation sites (tertiary alicyclic amines) is 1. The van der Waals surface area contributed by atoms with Crippen LogP contribution in [-0.4, -0.2) is 50.2 Å². The molecule has 52 heavy (non-hydrogen) atoms. The molecule has 0 bridgehead atoms. The minimum absolute atomic E-state index is 0.0356. The molecule has 8 nitrogen and oxygen atoms in total. The third kappa shape index (κ3) is 7.87. The Labute approximate surface area is 307 Å². The van der Waals surface area contributed by atoms with Crippen LogP contribution in [-0.2, 0) is 24.2 Å². The van der Waals surface area contributed by atoms with Crippen molar-refractivity contribution in [2.24, 2.45) is 0 Å². The molecule has 0 unspecified atom stereocenters. The molecule has 1 atom stereocenters. The second-order valence-electron chi connectivity index (χ2n) is 15.1. The van der Waals surface area contributed by atoms with Gasteiger partial charge in [-0.05, 0) is 152 Å². The molecule has 2 N–H and O–H groups in total. The monoisotopic (exact) mass is 698 g/mol. The largest absolute Gasteiger partial charge is 0.480 e. The molecule has 3 aliphatic rings. The molecule has 2 aromatic carbocycles. The van der Waals surface area contributed by atoms with Crippen LogP contribution < -0.4 is 5.32 Å². The average molecular weight is 699 g/mol. The summed E-state index contributed by atoms with van der Waals surface area (Å²) in [5, 5.41) is 12.9. The number of hydrogen-bond donors (Lipinski definition) is 2. The summed E-state index contributed by atoms with van der Waals surface area (Å²) in [6.45, 7) is 7.58. The molecule has 3 heterocycles. The number of aliphatic carboxylic acids is 1. The van der Waals surface area contributed by atoms with Crippen LogP contribution in [0.2, 0.25) is 0 Å². The van der Waals surface area contributed by atoms with Gasteiger partial charge >= 0.3 is 5.97 Å². The maximum absolute atomic E-state index is 13.8. The Morgan fingerprint density at radius 2 is 1.46 bits per heavy atom. The van der Waals surface area contributed by atoms with Crippen LogP contribution in [0.5, 0.6) is 0 Å². The van der Waals surface area contributed by atoms with Gasteiger partial charge in [-0.25, -0.2) is 0 Å². The summed E-state index contributed by atoms with van der Waals surface area (Å²) in [5.41, 5.74) is 11.3. The van der Waals surface area contributed by atoms with Gasteiger partial charge in [0.15, 0.2) is 5.78 Å². The number of piperidine rings is 1. The molecule has 1 aliphatic heterocycles. The quantitative estimate of drug-likeness (QED) is 0.126. The highest BCUT2D eigenvalue weighted by atomic mass is 16.4. The van der Waals surface area contributed by atoms with E-state index in [9.17, 15) is 19.5 Å². The topological polar surface area (TPSA) is 112 Å². The van der Waals surface area contributed by atoms with Crippen molar-refractivity contribution in [2.45, 2.75) is 116 Å². The fourth-order valence-corrected chi connectivity index (χ4v) is 7.89. The number of unbranched alkanes of at least 4 members (excludes halogenated alkanes) is 1. The van der Waals surface area contributed by atoms with Crippen LogP contribution in [0.25, 0.3) is 11.1 Å². The van der Waals surface area contributed by atoms with E-state index in [-0.39, 0.29) is 18.1 Å². The van der Waals surface area contributed by atoms with Crippen LogP contribution in [0.15, 0.2) is 60.9 Å². The van der Waals surface area contributed by atoms with E-state index in [1.807, 2.05) is 55.7 Å². The van der Waals surface area contributed by atoms with Gasteiger partial charge in [0.2, 0.25) is 0 Å². The maximum Gasteiger partial charge on any atom is 0.320 e. The van der Waals surface area contributed by atoms with Crippen LogP contribution in [0.3, 0.4) is 0 Å². The van der Waals surface area contributed by atoms with E-state index in [1.165, 1.54) is 24.0 Å². The lowest BCUT2D eigenvalue weighted by molar-refractivity contribution is -0.144. The van der Waals surface area contributed by atoms with Crippen molar-refractivity contribution < 1.29 is 19.5 Å². The Morgan fingerprint density at radius 1 is 0.808 bits per heavy atom. The third-order valence-electron chi connectivity index (χ3n) is 11.3. The second-order valence-corrected chi connectivity index (χ2v) is 15.1. The van der Waals surface area contributed by atoms with Gasteiger partial charge in [0.1, 0.15) is 17.4 Å². The summed E-state index contributed by atoms with van der Waals surface area (Å²) in [5.74, 6) is -0.0604. The molecule has 1 amide bonds. The van der Waals surface area contributed by atoms with Crippen molar-refractivity contribution in [3.63, 3.8) is 0 Å². The Kier molecular flexibility index (Phi) is 10.6. The maximum atomic E-state index is 13.8. The number of hydrogen-bond acceptors (Lipinski definition) is 6. The van der Waals surface area contributed by atoms with Crippen molar-refractivity contribution in [2.75, 3.05) is 11.9 Å². The Bertz CT molecular complexity index is 2000. The Balaban J connectivity index is 1.08. The molecule has 3 fully saturated rings. The summed E-state index contributed by atoms with van der Waals surface area (Å²) >= 11 is 0. The number of ketones is 1. The van der Waals surface area contributed by atoms with Crippen molar-refractivity contribution in [1.29, 1.82) is 0 Å². The number of carbonyl (C=O) groups is 3. The van der Waals surface area contributed by atoms with Crippen LogP contribution >= 0.6 is 0 Å². The number of Topliss-reactive ketones (excluding diaryl/α,β-unsaturated/α-hetero) is 1. The number of pyridine rings is 2. The molecule has 2 aromatic heterocycles. The van der Waals surface area contributed by atoms with E-state index < -0.39 is 12.0 Å². The summed E-state index contributed by atoms with van der Waals surface area (Å²) in [7, 11) is 0. The first kappa shape index (κ1) is 35.7. The van der Waals surface area contributed by atoms with Gasteiger partial charge in [-0.3, -0.25) is 29.3 Å². The highest BCUT2D eigenvalue weighted by Crippen LogP contribution is 2.43. The van der Waals surface area contributed by atoms with Crippen LogP contribution in [0.4, 0.5) is 5.69 Å². The normalized spacial score (nSPS) is 17.6. The number of rotatable bonds is 14. The Hall–Kier alpha value is -4.69. The number of carboxylic acids is 1. The highest BCUT2D eigenvalue weighted by molar-refractivity contribution is 6.04. The molecular weight excluding hydrogens is 649 g/mol. The molecule has 7 rings (SSSR count). The summed E-state index contributed by atoms with van der Waals surface area (Å²) in [6, 6.07) is 15.5. The number of carbonyl (C=O) groups excluding carboxylic acids is 2. The summed E-state index contributed by atoms with van der Waals surface area (Å²) in [6.07, 6.45) is 14.3. The predicted octanol–water partition coefficient (Wildman–Crippen LogP) is 8.97. The van der Waals surface area contributed by atoms with E-state index >= 15 is 0 Å². The molecular formula is C44H50N4O4. The highest BCUT2D eigenvalue weighted by Gasteiger charge is 2.32. The van der Waals surface area contributed by atoms with E-state index in [1.54, 1.807) is 0 Å². The number of anilines is 1. The third-order valence-corrected chi connectivity index (χ3v) is 11.3. The first-order valence-corrected chi connectivity index (χ1v) is 19.2. The lowest BCUT2D eigenvalue weighted by atomic mass is 9.90. The van der Waals surface area contributed by atoms with Gasteiger partial charge < -0.3 is 10.4 Å². The van der Waals surface area contributed by atoms with E-state index in [0.29, 0.717) is 36.2 Å². The number of aryl methyl sites for hydroxylation is 1. The van der Waals surface area contributed by atoms with Gasteiger partial charge in [-0.2, -0.15) is 0 Å². The zero-order valence-electron chi connectivity index (χ0n) is 30.7. The van der Waals surface area contributed by atoms with Gasteiger partial charge in [-0.1, -0.05) is 50.1 Å². The second kappa shape index (κ2) is 15.5. The van der Waals surface area contributed by atoms with E-state index in [2.05, 4.69) is 46.2 Å². The number of carboxylic acid groups (broad SMARTS) is 1. The first-order valence-electron chi connectivity index (χ1n) is 19.2. The van der Waals surface area contributed by atoms with Crippen molar-refractivity contribution in [3.05, 3.63) is 111 Å². The zero-order valence-corrected chi connectivity index (χ0v) is 30.7. The van der Waals surface area contributed by atoms with E-state index in [4.69, 9.17) is 0 Å². The molecule has 4 aromatic rings. The zero-order chi connectivity index (χ0) is 36.4. The van der Waals surface area contributed by atoms with Gasteiger partial charge in [-0.15, -0.1) is 0 Å². The van der Waals surface area contributed by atoms with Crippen LogP contribution in [0.1, 0.15) is 136 Å². The number of amides is 1. The summed E-state index contributed by atoms with van der Waals surface area (Å²) in [4.78, 5) is 50.5. The fourth-order valence-electron chi connectivity index (χ4n) is 7.89. The fraction of sp³-hybridized carbons (Fsp3) is 0.432. The number of nitrogens with one attached hydrogen (secondary N) is 1. The van der Waals surface area contributed by atoms with E-state index in [0.717, 1.165) is 96.1 Å². The predicted molar refractivity (Wildman–Crippen MR) is 204 cm³/mol. The molecule has 2 saturated carbocycles. The van der Waals surface area contributed by atoms with Crippen molar-refractivity contribution in [1.82, 2.24) is 14.9 Å². The molecule has 270 valence electrons. The van der Waals surface area contributed by atoms with Gasteiger partial charge in [0.05, 0.1) is 0 Å². The molecule has 8 heteroatoms. The molecule has 0 radical (unpaired) electrons.